The maximum Gasteiger partial charge on any atom is 0.123 e. The molecule has 2 rings (SSSR count). The van der Waals surface area contributed by atoms with Crippen LogP contribution in [-0.4, -0.2) is 36.2 Å². The zero-order chi connectivity index (χ0) is 15.2. The van der Waals surface area contributed by atoms with Gasteiger partial charge < -0.3 is 10.4 Å². The van der Waals surface area contributed by atoms with Crippen molar-refractivity contribution in [1.29, 1.82) is 0 Å². The highest BCUT2D eigenvalue weighted by molar-refractivity contribution is 6.30. The van der Waals surface area contributed by atoms with Crippen LogP contribution in [-0.2, 0) is 0 Å². The fourth-order valence-corrected chi connectivity index (χ4v) is 3.41. The molecule has 0 aliphatic carbocycles. The summed E-state index contributed by atoms with van der Waals surface area (Å²) in [5, 5.41) is 14.6. The van der Waals surface area contributed by atoms with Crippen LogP contribution in [0.1, 0.15) is 49.8 Å². The highest BCUT2D eigenvalue weighted by Gasteiger charge is 2.25. The maximum atomic E-state index is 10.5. The van der Waals surface area contributed by atoms with E-state index < -0.39 is 0 Å². The van der Waals surface area contributed by atoms with Crippen molar-refractivity contribution in [2.75, 3.05) is 26.2 Å². The van der Waals surface area contributed by atoms with Gasteiger partial charge in [-0.25, -0.2) is 0 Å². The number of hydrogen-bond acceptors (Lipinski definition) is 3. The molecule has 1 aliphatic rings. The van der Waals surface area contributed by atoms with Crippen molar-refractivity contribution >= 4 is 11.6 Å². The number of halogens is 1. The number of phenolic OH excluding ortho intramolecular Hbond substituents is 1. The molecule has 1 atom stereocenters. The molecule has 0 radical (unpaired) electrons. The number of piperazine rings is 1. The second kappa shape index (κ2) is 8.02. The summed E-state index contributed by atoms with van der Waals surface area (Å²) in [4.78, 5) is 2.48. The summed E-state index contributed by atoms with van der Waals surface area (Å²) in [6.07, 6.45) is 4.73. The molecule has 1 fully saturated rings. The summed E-state index contributed by atoms with van der Waals surface area (Å²) < 4.78 is 0. The van der Waals surface area contributed by atoms with Crippen LogP contribution in [0.4, 0.5) is 0 Å². The Morgan fingerprint density at radius 2 is 2.00 bits per heavy atom. The molecular formula is C17H27ClN2O. The minimum absolute atomic E-state index is 0.274. The first kappa shape index (κ1) is 16.6. The van der Waals surface area contributed by atoms with Gasteiger partial charge in [0, 0.05) is 42.8 Å². The number of rotatable bonds is 6. The topological polar surface area (TPSA) is 35.5 Å². The Bertz CT molecular complexity index is 458. The predicted octanol–water partition coefficient (Wildman–Crippen LogP) is 3.88. The third-order valence-corrected chi connectivity index (χ3v) is 4.55. The summed E-state index contributed by atoms with van der Waals surface area (Å²) in [6, 6.07) is 4.06. The molecular weight excluding hydrogens is 284 g/mol. The van der Waals surface area contributed by atoms with Crippen molar-refractivity contribution in [2.45, 2.75) is 45.6 Å². The molecule has 1 aromatic carbocycles. The fraction of sp³-hybridized carbons (Fsp3) is 0.647. The molecule has 0 spiro atoms. The molecule has 1 heterocycles. The highest BCUT2D eigenvalue weighted by Crippen LogP contribution is 2.37. The van der Waals surface area contributed by atoms with Crippen molar-refractivity contribution in [3.8, 4) is 5.75 Å². The lowest BCUT2D eigenvalue weighted by atomic mass is 9.95. The molecule has 3 nitrogen and oxygen atoms in total. The van der Waals surface area contributed by atoms with Crippen LogP contribution < -0.4 is 5.32 Å². The quantitative estimate of drug-likeness (QED) is 0.783. The normalized spacial score (nSPS) is 17.9. The Morgan fingerprint density at radius 3 is 2.67 bits per heavy atom. The van der Waals surface area contributed by atoms with Gasteiger partial charge in [0.2, 0.25) is 0 Å². The zero-order valence-electron chi connectivity index (χ0n) is 13.2. The molecule has 118 valence electrons. The van der Waals surface area contributed by atoms with E-state index in [0.717, 1.165) is 48.7 Å². The van der Waals surface area contributed by atoms with Gasteiger partial charge in [0.15, 0.2) is 0 Å². The number of hydrogen-bond donors (Lipinski definition) is 2. The Kier molecular flexibility index (Phi) is 6.34. The van der Waals surface area contributed by atoms with Crippen LogP contribution in [0, 0.1) is 6.92 Å². The highest BCUT2D eigenvalue weighted by atomic mass is 35.5. The van der Waals surface area contributed by atoms with Crippen LogP contribution in [0.2, 0.25) is 5.02 Å². The van der Waals surface area contributed by atoms with E-state index >= 15 is 0 Å². The summed E-state index contributed by atoms with van der Waals surface area (Å²) in [7, 11) is 0. The number of nitrogens with one attached hydrogen (secondary N) is 1. The lowest BCUT2D eigenvalue weighted by molar-refractivity contribution is 0.160. The van der Waals surface area contributed by atoms with Gasteiger partial charge in [0.1, 0.15) is 5.75 Å². The summed E-state index contributed by atoms with van der Waals surface area (Å²) >= 11 is 6.22. The van der Waals surface area contributed by atoms with E-state index in [1.807, 2.05) is 19.1 Å². The van der Waals surface area contributed by atoms with Gasteiger partial charge in [-0.3, -0.25) is 4.90 Å². The van der Waals surface area contributed by atoms with Crippen LogP contribution in [0.15, 0.2) is 12.1 Å². The molecule has 0 unspecified atom stereocenters. The van der Waals surface area contributed by atoms with Crippen molar-refractivity contribution in [1.82, 2.24) is 10.2 Å². The molecule has 1 aromatic rings. The van der Waals surface area contributed by atoms with E-state index in [1.165, 1.54) is 19.3 Å². The van der Waals surface area contributed by atoms with Crippen molar-refractivity contribution < 1.29 is 5.11 Å². The Balaban J connectivity index is 2.24. The van der Waals surface area contributed by atoms with Crippen LogP contribution in [0.3, 0.4) is 0 Å². The van der Waals surface area contributed by atoms with Gasteiger partial charge in [0.05, 0.1) is 0 Å². The van der Waals surface area contributed by atoms with E-state index in [1.54, 1.807) is 0 Å². The molecule has 1 saturated heterocycles. The van der Waals surface area contributed by atoms with E-state index in [2.05, 4.69) is 17.1 Å². The first-order valence-corrected chi connectivity index (χ1v) is 8.45. The van der Waals surface area contributed by atoms with Crippen LogP contribution in [0.25, 0.3) is 0 Å². The lowest BCUT2D eigenvalue weighted by Crippen LogP contribution is -2.45. The van der Waals surface area contributed by atoms with Crippen molar-refractivity contribution in [2.24, 2.45) is 0 Å². The smallest absolute Gasteiger partial charge is 0.123 e. The first-order chi connectivity index (χ1) is 10.1. The van der Waals surface area contributed by atoms with E-state index in [4.69, 9.17) is 11.6 Å². The number of benzene rings is 1. The summed E-state index contributed by atoms with van der Waals surface area (Å²) in [6.45, 7) is 8.24. The first-order valence-electron chi connectivity index (χ1n) is 8.07. The minimum atomic E-state index is 0.274. The minimum Gasteiger partial charge on any atom is -0.507 e. The maximum absolute atomic E-state index is 10.5. The predicted molar refractivity (Wildman–Crippen MR) is 89.2 cm³/mol. The number of nitrogens with zero attached hydrogens (tertiary/aromatic N) is 1. The molecule has 21 heavy (non-hydrogen) atoms. The largest absolute Gasteiger partial charge is 0.507 e. The summed E-state index contributed by atoms with van der Waals surface area (Å²) in [5.41, 5.74) is 1.87. The summed E-state index contributed by atoms with van der Waals surface area (Å²) in [5.74, 6) is 0.416. The SMILES string of the molecule is CCCCC[C@H](c1cc(Cl)cc(C)c1O)N1CCNCC1. The third kappa shape index (κ3) is 4.35. The second-order valence-corrected chi connectivity index (χ2v) is 6.39. The number of unbranched alkanes of at least 4 members (excludes halogenated alkanes) is 2. The van der Waals surface area contributed by atoms with Gasteiger partial charge >= 0.3 is 0 Å². The third-order valence-electron chi connectivity index (χ3n) is 4.33. The van der Waals surface area contributed by atoms with Crippen LogP contribution in [0.5, 0.6) is 5.75 Å². The molecule has 1 aliphatic heterocycles. The molecule has 4 heteroatoms. The Labute approximate surface area is 133 Å². The Morgan fingerprint density at radius 1 is 1.29 bits per heavy atom. The second-order valence-electron chi connectivity index (χ2n) is 5.96. The fourth-order valence-electron chi connectivity index (χ4n) is 3.13. The molecule has 0 saturated carbocycles. The number of aryl methyl sites for hydroxylation is 1. The van der Waals surface area contributed by atoms with Gasteiger partial charge in [-0.2, -0.15) is 0 Å². The van der Waals surface area contributed by atoms with E-state index in [-0.39, 0.29) is 6.04 Å². The molecule has 0 bridgehead atoms. The van der Waals surface area contributed by atoms with E-state index in [0.29, 0.717) is 5.75 Å². The molecule has 2 N–H and O–H groups in total. The average molecular weight is 311 g/mol. The zero-order valence-corrected chi connectivity index (χ0v) is 13.9. The number of phenols is 1. The van der Waals surface area contributed by atoms with Gasteiger partial charge in [-0.15, -0.1) is 0 Å². The van der Waals surface area contributed by atoms with Gasteiger partial charge in [-0.1, -0.05) is 37.8 Å². The standard InChI is InChI=1S/C17H27ClN2O/c1-3-4-5-6-16(20-9-7-19-8-10-20)15-12-14(18)11-13(2)17(15)21/h11-12,16,19,21H,3-10H2,1-2H3/t16-/m1/s1. The monoisotopic (exact) mass is 310 g/mol. The van der Waals surface area contributed by atoms with Gasteiger partial charge in [-0.05, 0) is 31.0 Å². The van der Waals surface area contributed by atoms with E-state index in [9.17, 15) is 5.11 Å². The van der Waals surface area contributed by atoms with Crippen LogP contribution >= 0.6 is 11.6 Å². The van der Waals surface area contributed by atoms with Crippen molar-refractivity contribution in [3.63, 3.8) is 0 Å². The van der Waals surface area contributed by atoms with Gasteiger partial charge in [0.25, 0.3) is 0 Å². The lowest BCUT2D eigenvalue weighted by Gasteiger charge is -2.36. The molecule has 0 amide bonds. The van der Waals surface area contributed by atoms with Crippen molar-refractivity contribution in [3.05, 3.63) is 28.3 Å². The number of aromatic hydroxyl groups is 1. The average Bonchev–Trinajstić information content (AvgIpc) is 2.49. The Hall–Kier alpha value is -0.770. The molecule has 0 aromatic heterocycles.